The topological polar surface area (TPSA) is 38.7 Å². The maximum Gasteiger partial charge on any atom is 0.490 e. The second-order valence-corrected chi connectivity index (χ2v) is 3.35. The zero-order valence-electron chi connectivity index (χ0n) is 9.53. The summed E-state index contributed by atoms with van der Waals surface area (Å²) >= 11 is 0. The van der Waals surface area contributed by atoms with Crippen molar-refractivity contribution in [2.75, 3.05) is 13.2 Å². The Morgan fingerprint density at radius 3 is 1.71 bits per heavy atom. The van der Waals surface area contributed by atoms with Gasteiger partial charge < -0.3 is 4.74 Å². The van der Waals surface area contributed by atoms with Crippen molar-refractivity contribution in [2.24, 2.45) is 10.9 Å². The second-order valence-electron chi connectivity index (χ2n) is 3.35. The van der Waals surface area contributed by atoms with Crippen molar-refractivity contribution in [3.63, 3.8) is 0 Å². The van der Waals surface area contributed by atoms with Crippen molar-refractivity contribution in [1.82, 2.24) is 0 Å². The quantitative estimate of drug-likeness (QED) is 0.342. The minimum Gasteiger partial charge on any atom is -0.457 e. The fraction of sp³-hybridized carbons (Fsp3) is 0.750. The van der Waals surface area contributed by atoms with Crippen LogP contribution in [-0.4, -0.2) is 43.6 Å². The van der Waals surface area contributed by atoms with Gasteiger partial charge in [-0.15, -0.1) is 0 Å². The number of alkyl halides is 9. The van der Waals surface area contributed by atoms with Gasteiger partial charge in [0.2, 0.25) is 11.9 Å². The van der Waals surface area contributed by atoms with Gasteiger partial charge in [0.15, 0.2) is 0 Å². The third-order valence-electron chi connectivity index (χ3n) is 1.71. The van der Waals surface area contributed by atoms with Crippen LogP contribution in [0.5, 0.6) is 0 Å². The van der Waals surface area contributed by atoms with Crippen molar-refractivity contribution in [2.45, 2.75) is 18.5 Å². The van der Waals surface area contributed by atoms with E-state index in [9.17, 15) is 48.7 Å². The molecule has 0 N–H and O–H groups in total. The Bertz CT molecular complexity index is 379. The summed E-state index contributed by atoms with van der Waals surface area (Å²) in [6.07, 6.45) is -17.4. The molecule has 0 amide bonds. The first-order valence-electron chi connectivity index (χ1n) is 4.74. The molecule has 0 heterocycles. The van der Waals surface area contributed by atoms with Crippen LogP contribution in [0.3, 0.4) is 0 Å². The van der Waals surface area contributed by atoms with Gasteiger partial charge in [-0.2, -0.15) is 43.9 Å². The average Bonchev–Trinajstić information content (AvgIpc) is 2.18. The van der Waals surface area contributed by atoms with Gasteiger partial charge in [-0.3, -0.25) is 4.99 Å². The van der Waals surface area contributed by atoms with Crippen LogP contribution >= 0.6 is 0 Å². The summed E-state index contributed by atoms with van der Waals surface area (Å²) < 4.78 is 123. The first-order valence-corrected chi connectivity index (χ1v) is 4.74. The minimum absolute atomic E-state index is 1.34. The Balaban J connectivity index is 4.70. The van der Waals surface area contributed by atoms with Gasteiger partial charge in [0.05, 0.1) is 6.54 Å². The maximum absolute atomic E-state index is 12.8. The summed E-state index contributed by atoms with van der Waals surface area (Å²) in [6, 6.07) is 0. The van der Waals surface area contributed by atoms with Crippen molar-refractivity contribution >= 4 is 11.9 Å². The van der Waals surface area contributed by atoms with Crippen LogP contribution in [0.15, 0.2) is 4.99 Å². The largest absolute Gasteiger partial charge is 0.490 e. The Morgan fingerprint density at radius 2 is 1.38 bits per heavy atom. The van der Waals surface area contributed by atoms with Crippen molar-refractivity contribution in [1.29, 1.82) is 0 Å². The van der Waals surface area contributed by atoms with Crippen molar-refractivity contribution in [3.05, 3.63) is 0 Å². The molecule has 0 aliphatic rings. The monoisotopic (exact) mass is 337 g/mol. The van der Waals surface area contributed by atoms with E-state index in [1.807, 2.05) is 0 Å². The standard InChI is InChI=1S/C8H5F10NO2/c9-4(3(6(10,11)12)7(13,14)15)19-1-2-21-5(20)8(16,17)18/h3H,1-2H2. The van der Waals surface area contributed by atoms with Crippen LogP contribution in [0.2, 0.25) is 0 Å². The van der Waals surface area contributed by atoms with E-state index in [-0.39, 0.29) is 0 Å². The van der Waals surface area contributed by atoms with Crippen LogP contribution in [-0.2, 0) is 9.53 Å². The number of hydrogen-bond donors (Lipinski definition) is 0. The third-order valence-corrected chi connectivity index (χ3v) is 1.71. The lowest BCUT2D eigenvalue weighted by molar-refractivity contribution is -0.262. The normalized spacial score (nSPS) is 14.5. The molecule has 0 aliphatic heterocycles. The predicted molar refractivity (Wildman–Crippen MR) is 46.0 cm³/mol. The van der Waals surface area contributed by atoms with Crippen LogP contribution in [0, 0.1) is 5.92 Å². The second kappa shape index (κ2) is 6.47. The van der Waals surface area contributed by atoms with E-state index in [2.05, 4.69) is 9.73 Å². The molecule has 21 heavy (non-hydrogen) atoms. The molecule has 0 radical (unpaired) electrons. The van der Waals surface area contributed by atoms with Gasteiger partial charge in [0.1, 0.15) is 6.61 Å². The Kier molecular flexibility index (Phi) is 5.99. The highest BCUT2D eigenvalue weighted by molar-refractivity contribution is 5.79. The molecule has 124 valence electrons. The molecule has 0 atom stereocenters. The van der Waals surface area contributed by atoms with Gasteiger partial charge in [0.25, 0.3) is 0 Å². The molecule has 0 saturated heterocycles. The van der Waals surface area contributed by atoms with E-state index in [0.29, 0.717) is 0 Å². The molecule has 0 spiro atoms. The van der Waals surface area contributed by atoms with Crippen LogP contribution in [0.25, 0.3) is 0 Å². The van der Waals surface area contributed by atoms with Gasteiger partial charge in [-0.05, 0) is 0 Å². The lowest BCUT2D eigenvalue weighted by atomic mass is 10.1. The van der Waals surface area contributed by atoms with E-state index in [1.165, 1.54) is 0 Å². The highest BCUT2D eigenvalue weighted by Gasteiger charge is 2.60. The van der Waals surface area contributed by atoms with Gasteiger partial charge >= 0.3 is 24.5 Å². The SMILES string of the molecule is O=C(OCCN=C(F)C(C(F)(F)F)C(F)(F)F)C(F)(F)F. The van der Waals surface area contributed by atoms with Crippen molar-refractivity contribution < 1.29 is 53.4 Å². The lowest BCUT2D eigenvalue weighted by Gasteiger charge is -2.20. The van der Waals surface area contributed by atoms with E-state index >= 15 is 0 Å². The fourth-order valence-corrected chi connectivity index (χ4v) is 0.920. The van der Waals surface area contributed by atoms with Crippen LogP contribution < -0.4 is 0 Å². The molecule has 0 aromatic heterocycles. The molecule has 3 nitrogen and oxygen atoms in total. The third kappa shape index (κ3) is 6.62. The van der Waals surface area contributed by atoms with Crippen molar-refractivity contribution in [3.8, 4) is 0 Å². The summed E-state index contributed by atoms with van der Waals surface area (Å²) in [4.78, 5) is 12.3. The number of carbonyl (C=O) groups is 1. The molecule has 0 bridgehead atoms. The van der Waals surface area contributed by atoms with E-state index in [1.54, 1.807) is 0 Å². The Hall–Kier alpha value is -1.56. The van der Waals surface area contributed by atoms with Gasteiger partial charge in [0, 0.05) is 0 Å². The molecule has 0 rings (SSSR count). The smallest absolute Gasteiger partial charge is 0.457 e. The number of esters is 1. The summed E-state index contributed by atoms with van der Waals surface area (Å²) in [6.45, 7) is -2.68. The first kappa shape index (κ1) is 19.4. The predicted octanol–water partition coefficient (Wildman–Crippen LogP) is 3.20. The van der Waals surface area contributed by atoms with E-state index in [0.717, 1.165) is 0 Å². The number of carbonyl (C=O) groups excluding carboxylic acids is 1. The molecular weight excluding hydrogens is 332 g/mol. The Morgan fingerprint density at radius 1 is 0.952 bits per heavy atom. The summed E-state index contributed by atoms with van der Waals surface area (Å²) in [7, 11) is 0. The van der Waals surface area contributed by atoms with Crippen LogP contribution in [0.1, 0.15) is 0 Å². The molecular formula is C8H5F10NO2. The molecule has 0 aromatic rings. The molecule has 0 aromatic carbocycles. The Labute approximate surface area is 109 Å². The average molecular weight is 337 g/mol. The highest BCUT2D eigenvalue weighted by atomic mass is 19.4. The number of ether oxygens (including phenoxy) is 1. The maximum atomic E-state index is 12.8. The molecule has 0 saturated carbocycles. The summed E-state index contributed by atoms with van der Waals surface area (Å²) in [5, 5.41) is 0. The van der Waals surface area contributed by atoms with Gasteiger partial charge in [-0.25, -0.2) is 4.79 Å². The number of hydrogen-bond acceptors (Lipinski definition) is 3. The summed E-state index contributed by atoms with van der Waals surface area (Å²) in [5.41, 5.74) is 0. The zero-order valence-corrected chi connectivity index (χ0v) is 9.53. The summed E-state index contributed by atoms with van der Waals surface area (Å²) in [5.74, 6) is -10.1. The first-order chi connectivity index (χ1) is 9.17. The lowest BCUT2D eigenvalue weighted by Crippen LogP contribution is -2.41. The molecule has 0 fully saturated rings. The van der Waals surface area contributed by atoms with E-state index in [4.69, 9.17) is 0 Å². The zero-order chi connectivity index (χ0) is 17.1. The van der Waals surface area contributed by atoms with Gasteiger partial charge in [-0.1, -0.05) is 0 Å². The number of nitrogens with zero attached hydrogens (tertiary/aromatic N) is 1. The molecule has 0 unspecified atom stereocenters. The number of aliphatic imine (C=N–C) groups is 1. The van der Waals surface area contributed by atoms with Crippen LogP contribution in [0.4, 0.5) is 43.9 Å². The highest BCUT2D eigenvalue weighted by Crippen LogP contribution is 2.40. The minimum atomic E-state index is -6.02. The molecule has 0 aliphatic carbocycles. The fourth-order valence-electron chi connectivity index (χ4n) is 0.920. The number of rotatable bonds is 4. The number of halogens is 10. The molecule has 13 heteroatoms. The van der Waals surface area contributed by atoms with E-state index < -0.39 is 49.5 Å².